The number of amides is 2. The molecule has 31 heavy (non-hydrogen) atoms. The molecule has 162 valence electrons. The molecule has 2 amide bonds. The van der Waals surface area contributed by atoms with Gasteiger partial charge in [-0.2, -0.15) is 9.40 Å². The minimum atomic E-state index is -3.82. The third-order valence-electron chi connectivity index (χ3n) is 4.44. The molecule has 0 bridgehead atoms. The van der Waals surface area contributed by atoms with Crippen molar-refractivity contribution in [2.45, 2.75) is 18.4 Å². The molecular weight excluding hydrogens is 420 g/mol. The molecule has 0 unspecified atom stereocenters. The van der Waals surface area contributed by atoms with Gasteiger partial charge in [-0.15, -0.1) is 0 Å². The largest absolute Gasteiger partial charge is 0.272 e. The highest BCUT2D eigenvalue weighted by Crippen LogP contribution is 2.14. The van der Waals surface area contributed by atoms with Gasteiger partial charge in [0.15, 0.2) is 0 Å². The normalized spacial score (nSPS) is 11.3. The lowest BCUT2D eigenvalue weighted by atomic mass is 10.1. The molecule has 0 aliphatic carbocycles. The Kier molecular flexibility index (Phi) is 6.78. The van der Waals surface area contributed by atoms with Gasteiger partial charge in [-0.1, -0.05) is 29.8 Å². The average Bonchev–Trinajstić information content (AvgIpc) is 3.26. The summed E-state index contributed by atoms with van der Waals surface area (Å²) in [7, 11) is -2.52. The Morgan fingerprint density at radius 1 is 1.03 bits per heavy atom. The lowest BCUT2D eigenvalue weighted by Crippen LogP contribution is -2.46. The summed E-state index contributed by atoms with van der Waals surface area (Å²) in [5.41, 5.74) is 6.69. The van der Waals surface area contributed by atoms with Crippen molar-refractivity contribution in [2.75, 3.05) is 13.6 Å². The maximum Gasteiger partial charge on any atom is 0.269 e. The lowest BCUT2D eigenvalue weighted by Gasteiger charge is -2.17. The van der Waals surface area contributed by atoms with Crippen molar-refractivity contribution in [3.8, 4) is 0 Å². The van der Waals surface area contributed by atoms with Gasteiger partial charge in [-0.25, -0.2) is 18.1 Å². The summed E-state index contributed by atoms with van der Waals surface area (Å²) in [5, 5.41) is 4.01. The molecule has 3 rings (SSSR count). The van der Waals surface area contributed by atoms with Gasteiger partial charge >= 0.3 is 0 Å². The summed E-state index contributed by atoms with van der Waals surface area (Å²) in [5.74, 6) is -1.20. The summed E-state index contributed by atoms with van der Waals surface area (Å²) in [6.07, 6.45) is 3.03. The summed E-state index contributed by atoms with van der Waals surface area (Å²) < 4.78 is 27.6. The second-order valence-corrected chi connectivity index (χ2v) is 8.91. The van der Waals surface area contributed by atoms with Gasteiger partial charge in [0.2, 0.25) is 10.0 Å². The van der Waals surface area contributed by atoms with E-state index in [4.69, 9.17) is 0 Å². The Morgan fingerprint density at radius 2 is 1.71 bits per heavy atom. The standard InChI is InChI=1S/C20H22N6O4S/c1-15-3-9-18(10-4-15)31(29,30)25(2)12-19(27)23-24-20(28)17-7-5-16(6-8-17)11-26-14-21-13-22-26/h3-10,13-14H,11-12H2,1-2H3,(H,23,27)(H,24,28). The van der Waals surface area contributed by atoms with Crippen LogP contribution in [0.3, 0.4) is 0 Å². The SMILES string of the molecule is Cc1ccc(S(=O)(=O)N(C)CC(=O)NNC(=O)c2ccc(Cn3cncn3)cc2)cc1. The maximum absolute atomic E-state index is 12.5. The van der Waals surface area contributed by atoms with E-state index in [1.807, 2.05) is 6.92 Å². The second-order valence-electron chi connectivity index (χ2n) is 6.87. The first-order chi connectivity index (χ1) is 14.8. The molecule has 0 aliphatic rings. The number of likely N-dealkylation sites (N-methyl/N-ethyl adjacent to an activating group) is 1. The Labute approximate surface area is 179 Å². The third kappa shape index (κ3) is 5.74. The Morgan fingerprint density at radius 3 is 2.32 bits per heavy atom. The van der Waals surface area contributed by atoms with Gasteiger partial charge in [-0.3, -0.25) is 20.4 Å². The highest BCUT2D eigenvalue weighted by atomic mass is 32.2. The number of benzene rings is 2. The molecule has 10 nitrogen and oxygen atoms in total. The predicted octanol–water partition coefficient (Wildman–Crippen LogP) is 0.717. The molecule has 1 aromatic heterocycles. The zero-order valence-corrected chi connectivity index (χ0v) is 17.8. The molecule has 0 fully saturated rings. The molecule has 0 atom stereocenters. The number of carbonyl (C=O) groups excluding carboxylic acids is 2. The molecule has 0 radical (unpaired) electrons. The average molecular weight is 443 g/mol. The molecule has 0 aliphatic heterocycles. The van der Waals surface area contributed by atoms with Crippen LogP contribution in [0.1, 0.15) is 21.5 Å². The summed E-state index contributed by atoms with van der Waals surface area (Å²) in [6, 6.07) is 13.1. The van der Waals surface area contributed by atoms with Gasteiger partial charge < -0.3 is 0 Å². The van der Waals surface area contributed by atoms with E-state index in [2.05, 4.69) is 20.9 Å². The van der Waals surface area contributed by atoms with Crippen molar-refractivity contribution in [3.63, 3.8) is 0 Å². The van der Waals surface area contributed by atoms with Crippen LogP contribution in [-0.4, -0.2) is 52.9 Å². The quantitative estimate of drug-likeness (QED) is 0.519. The van der Waals surface area contributed by atoms with Gasteiger partial charge in [0.25, 0.3) is 11.8 Å². The van der Waals surface area contributed by atoms with Crippen molar-refractivity contribution in [2.24, 2.45) is 0 Å². The smallest absolute Gasteiger partial charge is 0.269 e. The van der Waals surface area contributed by atoms with Crippen molar-refractivity contribution in [1.82, 2.24) is 29.9 Å². The number of hydrogen-bond donors (Lipinski definition) is 2. The molecule has 11 heteroatoms. The number of hydrazine groups is 1. The van der Waals surface area contributed by atoms with Crippen LogP contribution < -0.4 is 10.9 Å². The summed E-state index contributed by atoms with van der Waals surface area (Å²) >= 11 is 0. The van der Waals surface area contributed by atoms with Crippen LogP contribution in [0.5, 0.6) is 0 Å². The van der Waals surface area contributed by atoms with Crippen LogP contribution in [0.2, 0.25) is 0 Å². The van der Waals surface area contributed by atoms with E-state index in [-0.39, 0.29) is 4.90 Å². The fraction of sp³-hybridized carbons (Fsp3) is 0.200. The Bertz CT molecular complexity index is 1140. The van der Waals surface area contributed by atoms with Gasteiger partial charge in [0.1, 0.15) is 12.7 Å². The molecule has 1 heterocycles. The third-order valence-corrected chi connectivity index (χ3v) is 6.26. The number of aromatic nitrogens is 3. The van der Waals surface area contributed by atoms with Crippen LogP contribution >= 0.6 is 0 Å². The number of nitrogens with zero attached hydrogens (tertiary/aromatic N) is 4. The number of carbonyl (C=O) groups is 2. The first-order valence-corrected chi connectivity index (χ1v) is 10.7. The van der Waals surface area contributed by atoms with E-state index in [1.54, 1.807) is 47.4 Å². The topological polar surface area (TPSA) is 126 Å². The Hall–Kier alpha value is -3.57. The summed E-state index contributed by atoms with van der Waals surface area (Å²) in [4.78, 5) is 28.3. The van der Waals surface area contributed by atoms with E-state index in [0.29, 0.717) is 12.1 Å². The van der Waals surface area contributed by atoms with Crippen LogP contribution in [0.4, 0.5) is 0 Å². The van der Waals surface area contributed by atoms with Crippen LogP contribution in [0.25, 0.3) is 0 Å². The first kappa shape index (κ1) is 22.1. The van der Waals surface area contributed by atoms with E-state index >= 15 is 0 Å². The summed E-state index contributed by atoms with van der Waals surface area (Å²) in [6.45, 7) is 1.91. The van der Waals surface area contributed by atoms with Gasteiger partial charge in [0, 0.05) is 12.6 Å². The Balaban J connectivity index is 1.51. The molecule has 0 spiro atoms. The number of aryl methyl sites for hydroxylation is 1. The molecule has 3 aromatic rings. The molecule has 2 N–H and O–H groups in total. The monoisotopic (exact) mass is 442 g/mol. The van der Waals surface area contributed by atoms with Crippen LogP contribution in [-0.2, 0) is 21.4 Å². The molecule has 0 saturated carbocycles. The number of sulfonamides is 1. The van der Waals surface area contributed by atoms with E-state index in [0.717, 1.165) is 15.4 Å². The highest BCUT2D eigenvalue weighted by molar-refractivity contribution is 7.89. The van der Waals surface area contributed by atoms with Crippen LogP contribution in [0.15, 0.2) is 66.1 Å². The van der Waals surface area contributed by atoms with Crippen LogP contribution in [0, 0.1) is 6.92 Å². The lowest BCUT2D eigenvalue weighted by molar-refractivity contribution is -0.121. The molecular formula is C20H22N6O4S. The van der Waals surface area contributed by atoms with E-state index < -0.39 is 28.4 Å². The van der Waals surface area contributed by atoms with Gasteiger partial charge in [-0.05, 0) is 36.8 Å². The number of rotatable bonds is 7. The van der Waals surface area contributed by atoms with Crippen molar-refractivity contribution >= 4 is 21.8 Å². The van der Waals surface area contributed by atoms with Crippen molar-refractivity contribution < 1.29 is 18.0 Å². The maximum atomic E-state index is 12.5. The van der Waals surface area contributed by atoms with Crippen molar-refractivity contribution in [3.05, 3.63) is 77.9 Å². The number of hydrogen-bond acceptors (Lipinski definition) is 6. The molecule has 0 saturated heterocycles. The van der Waals surface area contributed by atoms with Crippen molar-refractivity contribution in [1.29, 1.82) is 0 Å². The predicted molar refractivity (Wildman–Crippen MR) is 112 cm³/mol. The first-order valence-electron chi connectivity index (χ1n) is 9.29. The molecule has 2 aromatic carbocycles. The fourth-order valence-electron chi connectivity index (χ4n) is 2.68. The van der Waals surface area contributed by atoms with Gasteiger partial charge in [0.05, 0.1) is 18.0 Å². The number of nitrogens with one attached hydrogen (secondary N) is 2. The second kappa shape index (κ2) is 9.49. The zero-order valence-electron chi connectivity index (χ0n) is 17.0. The fourth-order valence-corrected chi connectivity index (χ4v) is 3.81. The van der Waals surface area contributed by atoms with E-state index in [1.165, 1.54) is 25.5 Å². The minimum absolute atomic E-state index is 0.0865. The highest BCUT2D eigenvalue weighted by Gasteiger charge is 2.23. The minimum Gasteiger partial charge on any atom is -0.272 e. The zero-order chi connectivity index (χ0) is 22.4. The van der Waals surface area contributed by atoms with E-state index in [9.17, 15) is 18.0 Å².